The Kier molecular flexibility index (Phi) is 3.36. The van der Waals surface area contributed by atoms with E-state index in [1.807, 2.05) is 31.2 Å². The van der Waals surface area contributed by atoms with Gasteiger partial charge in [-0.3, -0.25) is 0 Å². The molecule has 2 nitrogen and oxygen atoms in total. The van der Waals surface area contributed by atoms with Crippen LogP contribution in [0.15, 0.2) is 42.5 Å². The fraction of sp³-hybridized carbons (Fsp3) is 0.143. The smallest absolute Gasteiger partial charge is 0.106 e. The fourth-order valence-electron chi connectivity index (χ4n) is 1.81. The molecule has 2 aromatic rings. The maximum atomic E-state index is 10.3. The maximum Gasteiger partial charge on any atom is 0.106 e. The van der Waals surface area contributed by atoms with Gasteiger partial charge in [-0.05, 0) is 24.6 Å². The van der Waals surface area contributed by atoms with Gasteiger partial charge >= 0.3 is 0 Å². The van der Waals surface area contributed by atoms with E-state index in [2.05, 4.69) is 0 Å². The number of nitrogens with two attached hydrogens (primary N) is 1. The number of nitrogen functional groups attached to an aromatic ring is 1. The molecule has 17 heavy (non-hydrogen) atoms. The molecule has 0 saturated heterocycles. The lowest BCUT2D eigenvalue weighted by Gasteiger charge is -2.14. The Morgan fingerprint density at radius 2 is 1.94 bits per heavy atom. The van der Waals surface area contributed by atoms with E-state index in [9.17, 15) is 5.11 Å². The van der Waals surface area contributed by atoms with Crippen molar-refractivity contribution in [1.29, 1.82) is 0 Å². The molecule has 1 unspecified atom stereocenters. The number of aryl methyl sites for hydroxylation is 1. The number of hydrogen-bond acceptors (Lipinski definition) is 2. The van der Waals surface area contributed by atoms with Crippen molar-refractivity contribution in [2.24, 2.45) is 0 Å². The minimum absolute atomic E-state index is 0.506. The average molecular weight is 248 g/mol. The number of hydrogen-bond donors (Lipinski definition) is 2. The minimum atomic E-state index is -0.716. The van der Waals surface area contributed by atoms with E-state index < -0.39 is 6.10 Å². The second-order valence-corrected chi connectivity index (χ2v) is 4.53. The molecule has 0 heterocycles. The monoisotopic (exact) mass is 247 g/mol. The van der Waals surface area contributed by atoms with Crippen molar-refractivity contribution in [1.82, 2.24) is 0 Å². The van der Waals surface area contributed by atoms with Gasteiger partial charge in [-0.15, -0.1) is 0 Å². The van der Waals surface area contributed by atoms with Crippen LogP contribution in [0, 0.1) is 6.92 Å². The predicted octanol–water partition coefficient (Wildman–Crippen LogP) is 3.31. The number of anilines is 1. The van der Waals surface area contributed by atoms with E-state index >= 15 is 0 Å². The van der Waals surface area contributed by atoms with Crippen molar-refractivity contribution in [3.63, 3.8) is 0 Å². The molecule has 0 bridgehead atoms. The van der Waals surface area contributed by atoms with Crippen LogP contribution in [0.5, 0.6) is 0 Å². The van der Waals surface area contributed by atoms with Gasteiger partial charge in [-0.1, -0.05) is 47.5 Å². The molecule has 1 atom stereocenters. The molecule has 88 valence electrons. The Bertz CT molecular complexity index is 539. The van der Waals surface area contributed by atoms with Gasteiger partial charge in [0.2, 0.25) is 0 Å². The van der Waals surface area contributed by atoms with Gasteiger partial charge in [0.05, 0.1) is 0 Å². The molecule has 0 aliphatic rings. The van der Waals surface area contributed by atoms with Crippen molar-refractivity contribution in [3.8, 4) is 0 Å². The number of aliphatic hydroxyl groups is 1. The van der Waals surface area contributed by atoms with E-state index in [1.165, 1.54) is 0 Å². The van der Waals surface area contributed by atoms with Gasteiger partial charge < -0.3 is 10.8 Å². The Morgan fingerprint density at radius 3 is 2.59 bits per heavy atom. The summed E-state index contributed by atoms with van der Waals surface area (Å²) in [6, 6.07) is 12.9. The molecule has 0 fully saturated rings. The van der Waals surface area contributed by atoms with Crippen molar-refractivity contribution in [2.45, 2.75) is 13.0 Å². The second-order valence-electron chi connectivity index (χ2n) is 4.09. The highest BCUT2D eigenvalue weighted by atomic mass is 35.5. The van der Waals surface area contributed by atoms with Crippen LogP contribution < -0.4 is 5.73 Å². The summed E-state index contributed by atoms with van der Waals surface area (Å²) in [5.41, 5.74) is 8.98. The zero-order valence-corrected chi connectivity index (χ0v) is 10.3. The summed E-state index contributed by atoms with van der Waals surface area (Å²) in [6.45, 7) is 1.99. The first-order chi connectivity index (χ1) is 8.08. The third-order valence-corrected chi connectivity index (χ3v) is 2.94. The van der Waals surface area contributed by atoms with E-state index in [0.29, 0.717) is 16.3 Å². The molecule has 2 rings (SSSR count). The summed E-state index contributed by atoms with van der Waals surface area (Å²) in [7, 11) is 0. The van der Waals surface area contributed by atoms with Crippen molar-refractivity contribution in [3.05, 3.63) is 64.2 Å². The summed E-state index contributed by atoms with van der Waals surface area (Å²) in [6.07, 6.45) is -0.716. The third-order valence-electron chi connectivity index (χ3n) is 2.70. The lowest BCUT2D eigenvalue weighted by Crippen LogP contribution is -2.03. The zero-order valence-electron chi connectivity index (χ0n) is 9.52. The quantitative estimate of drug-likeness (QED) is 0.800. The Hall–Kier alpha value is -1.51. The first-order valence-corrected chi connectivity index (χ1v) is 5.75. The molecule has 3 heteroatoms. The Morgan fingerprint density at radius 1 is 1.18 bits per heavy atom. The topological polar surface area (TPSA) is 46.2 Å². The molecule has 0 spiro atoms. The van der Waals surface area contributed by atoms with Crippen molar-refractivity contribution in [2.75, 3.05) is 5.73 Å². The van der Waals surface area contributed by atoms with E-state index in [4.69, 9.17) is 17.3 Å². The number of benzene rings is 2. The van der Waals surface area contributed by atoms with E-state index in [-0.39, 0.29) is 0 Å². The molecular weight excluding hydrogens is 234 g/mol. The number of aliphatic hydroxyl groups excluding tert-OH is 1. The summed E-state index contributed by atoms with van der Waals surface area (Å²) in [5, 5.41) is 10.8. The highest BCUT2D eigenvalue weighted by Gasteiger charge is 2.13. The first-order valence-electron chi connectivity index (χ1n) is 5.37. The van der Waals surface area contributed by atoms with Crippen LogP contribution >= 0.6 is 11.6 Å². The first kappa shape index (κ1) is 12.0. The number of halogens is 1. The van der Waals surface area contributed by atoms with Gasteiger partial charge in [0.1, 0.15) is 6.10 Å². The van der Waals surface area contributed by atoms with Gasteiger partial charge in [-0.2, -0.15) is 0 Å². The van der Waals surface area contributed by atoms with Crippen molar-refractivity contribution < 1.29 is 5.11 Å². The van der Waals surface area contributed by atoms with Crippen LogP contribution in [0.1, 0.15) is 22.8 Å². The summed E-state index contributed by atoms with van der Waals surface area (Å²) in [5.74, 6) is 0. The van der Waals surface area contributed by atoms with Crippen LogP contribution in [0.2, 0.25) is 5.02 Å². The van der Waals surface area contributed by atoms with Gasteiger partial charge in [-0.25, -0.2) is 0 Å². The molecule has 0 aliphatic carbocycles. The van der Waals surface area contributed by atoms with Crippen LogP contribution in [0.25, 0.3) is 0 Å². The molecule has 0 saturated carbocycles. The average Bonchev–Trinajstić information content (AvgIpc) is 2.28. The largest absolute Gasteiger partial charge is 0.398 e. The van der Waals surface area contributed by atoms with Gasteiger partial charge in [0.15, 0.2) is 0 Å². The van der Waals surface area contributed by atoms with Crippen LogP contribution in [0.3, 0.4) is 0 Å². The zero-order chi connectivity index (χ0) is 12.4. The van der Waals surface area contributed by atoms with E-state index in [0.717, 1.165) is 11.1 Å². The van der Waals surface area contributed by atoms with Crippen LogP contribution in [-0.4, -0.2) is 5.11 Å². The molecule has 0 aliphatic heterocycles. The third kappa shape index (κ3) is 2.60. The summed E-state index contributed by atoms with van der Waals surface area (Å²) in [4.78, 5) is 0. The van der Waals surface area contributed by atoms with E-state index in [1.54, 1.807) is 18.2 Å². The molecule has 0 amide bonds. The molecule has 3 N–H and O–H groups in total. The summed E-state index contributed by atoms with van der Waals surface area (Å²) >= 11 is 5.83. The lowest BCUT2D eigenvalue weighted by atomic mass is 9.99. The second kappa shape index (κ2) is 4.78. The molecule has 2 aromatic carbocycles. The summed E-state index contributed by atoms with van der Waals surface area (Å²) < 4.78 is 0. The molecule has 0 radical (unpaired) electrons. The van der Waals surface area contributed by atoms with Crippen molar-refractivity contribution >= 4 is 17.3 Å². The predicted molar refractivity (Wildman–Crippen MR) is 71.1 cm³/mol. The SMILES string of the molecule is Cc1cccc(C(O)c2ccc(Cl)cc2N)c1. The van der Waals surface area contributed by atoms with Gasteiger partial charge in [0, 0.05) is 16.3 Å². The number of rotatable bonds is 2. The normalized spacial score (nSPS) is 12.4. The highest BCUT2D eigenvalue weighted by Crippen LogP contribution is 2.28. The van der Waals surface area contributed by atoms with Gasteiger partial charge in [0.25, 0.3) is 0 Å². The highest BCUT2D eigenvalue weighted by molar-refractivity contribution is 6.30. The minimum Gasteiger partial charge on any atom is -0.398 e. The Labute approximate surface area is 106 Å². The molecule has 0 aromatic heterocycles. The molecular formula is C14H14ClNO. The fourth-order valence-corrected chi connectivity index (χ4v) is 1.99. The van der Waals surface area contributed by atoms with Crippen LogP contribution in [-0.2, 0) is 0 Å². The lowest BCUT2D eigenvalue weighted by molar-refractivity contribution is 0.221. The maximum absolute atomic E-state index is 10.3. The standard InChI is InChI=1S/C14H14ClNO/c1-9-3-2-4-10(7-9)14(17)12-6-5-11(15)8-13(12)16/h2-8,14,17H,16H2,1H3. The van der Waals surface area contributed by atoms with Crippen LogP contribution in [0.4, 0.5) is 5.69 Å². The Balaban J connectivity index is 2.40.